The zero-order chi connectivity index (χ0) is 16.3. The Bertz CT molecular complexity index is 474. The number of likely N-dealkylation sites (N-methyl/N-ethyl adjacent to an activating group) is 1. The Labute approximate surface area is 127 Å². The zero-order valence-electron chi connectivity index (χ0n) is 14.0. The van der Waals surface area contributed by atoms with Gasteiger partial charge in [-0.05, 0) is 19.0 Å². The number of nitrogens with zero attached hydrogens (tertiary/aromatic N) is 2. The molecule has 0 fully saturated rings. The molecule has 0 atom stereocenters. The van der Waals surface area contributed by atoms with E-state index in [-0.39, 0.29) is 23.3 Å². The molecule has 6 heteroatoms. The Morgan fingerprint density at radius 3 is 2.48 bits per heavy atom. The van der Waals surface area contributed by atoms with Gasteiger partial charge in [-0.1, -0.05) is 39.8 Å². The van der Waals surface area contributed by atoms with Crippen LogP contribution in [0.5, 0.6) is 0 Å². The van der Waals surface area contributed by atoms with E-state index in [0.717, 1.165) is 12.2 Å². The van der Waals surface area contributed by atoms with Crippen molar-refractivity contribution in [2.24, 2.45) is 11.1 Å². The Kier molecular flexibility index (Phi) is 5.53. The highest BCUT2D eigenvalue weighted by molar-refractivity contribution is 5.90. The maximum atomic E-state index is 12.0. The maximum absolute atomic E-state index is 12.0. The molecule has 0 aliphatic rings. The van der Waals surface area contributed by atoms with Crippen LogP contribution in [0.1, 0.15) is 40.3 Å². The molecule has 1 rings (SSSR count). The first-order valence-corrected chi connectivity index (χ1v) is 7.19. The van der Waals surface area contributed by atoms with Gasteiger partial charge in [0.15, 0.2) is 0 Å². The molecule has 0 aromatic carbocycles. The fourth-order valence-electron chi connectivity index (χ4n) is 1.96. The number of aromatic nitrogens is 1. The first-order chi connectivity index (χ1) is 9.53. The number of anilines is 1. The quantitative estimate of drug-likeness (QED) is 0.836. The average molecular weight is 296 g/mol. The van der Waals surface area contributed by atoms with Gasteiger partial charge in [0.1, 0.15) is 0 Å². The Balaban J connectivity index is 2.52. The van der Waals surface area contributed by atoms with Crippen molar-refractivity contribution in [3.05, 3.63) is 11.8 Å². The van der Waals surface area contributed by atoms with Gasteiger partial charge in [-0.25, -0.2) is 0 Å². The van der Waals surface area contributed by atoms with Crippen LogP contribution in [0.15, 0.2) is 10.6 Å². The van der Waals surface area contributed by atoms with Crippen molar-refractivity contribution in [3.63, 3.8) is 0 Å². The minimum absolute atomic E-state index is 0.0132. The molecule has 0 aliphatic carbocycles. The molecular weight excluding hydrogens is 268 g/mol. The molecule has 0 saturated heterocycles. The standard InChI is InChI=1S/C15H28N4O2/c1-14(2,3)11-7-13(21-18-11)17-12(20)8-19(6)10-15(4,5)9-16/h7H,8-10,16H2,1-6H3,(H,17,20). The number of amides is 1. The topological polar surface area (TPSA) is 84.4 Å². The summed E-state index contributed by atoms with van der Waals surface area (Å²) < 4.78 is 5.15. The van der Waals surface area contributed by atoms with Crippen LogP contribution < -0.4 is 11.1 Å². The summed E-state index contributed by atoms with van der Waals surface area (Å²) in [6.07, 6.45) is 0. The molecule has 0 bridgehead atoms. The lowest BCUT2D eigenvalue weighted by atomic mass is 9.92. The minimum atomic E-state index is -0.123. The van der Waals surface area contributed by atoms with Gasteiger partial charge in [-0.3, -0.25) is 15.0 Å². The van der Waals surface area contributed by atoms with Gasteiger partial charge in [0, 0.05) is 18.0 Å². The third-order valence-electron chi connectivity index (χ3n) is 3.21. The molecule has 1 aromatic rings. The molecular formula is C15H28N4O2. The van der Waals surface area contributed by atoms with Gasteiger partial charge in [-0.2, -0.15) is 0 Å². The van der Waals surface area contributed by atoms with E-state index in [9.17, 15) is 4.79 Å². The van der Waals surface area contributed by atoms with Crippen molar-refractivity contribution in [1.82, 2.24) is 10.1 Å². The lowest BCUT2D eigenvalue weighted by molar-refractivity contribution is -0.117. The predicted octanol–water partition coefficient (Wildman–Crippen LogP) is 1.83. The molecule has 1 amide bonds. The van der Waals surface area contributed by atoms with E-state index in [4.69, 9.17) is 10.3 Å². The van der Waals surface area contributed by atoms with Crippen LogP contribution in [0, 0.1) is 5.41 Å². The third kappa shape index (κ3) is 5.85. The number of carbonyl (C=O) groups excluding carboxylic acids is 1. The number of nitrogens with one attached hydrogen (secondary N) is 1. The number of carbonyl (C=O) groups is 1. The third-order valence-corrected chi connectivity index (χ3v) is 3.21. The molecule has 120 valence electrons. The number of hydrogen-bond donors (Lipinski definition) is 2. The van der Waals surface area contributed by atoms with Gasteiger partial charge < -0.3 is 10.3 Å². The summed E-state index contributed by atoms with van der Waals surface area (Å²) in [5.74, 6) is 0.262. The molecule has 0 radical (unpaired) electrons. The Hall–Kier alpha value is -1.40. The monoisotopic (exact) mass is 296 g/mol. The normalized spacial score (nSPS) is 12.8. The highest BCUT2D eigenvalue weighted by atomic mass is 16.5. The average Bonchev–Trinajstić information content (AvgIpc) is 2.75. The van der Waals surface area contributed by atoms with Gasteiger partial charge in [0.2, 0.25) is 11.8 Å². The summed E-state index contributed by atoms with van der Waals surface area (Å²) in [7, 11) is 1.90. The number of rotatable bonds is 6. The fourth-order valence-corrected chi connectivity index (χ4v) is 1.96. The van der Waals surface area contributed by atoms with E-state index >= 15 is 0 Å². The molecule has 3 N–H and O–H groups in total. The smallest absolute Gasteiger partial charge is 0.240 e. The maximum Gasteiger partial charge on any atom is 0.240 e. The number of nitrogens with two attached hydrogens (primary N) is 1. The van der Waals surface area contributed by atoms with Crippen LogP contribution in [0.4, 0.5) is 5.88 Å². The van der Waals surface area contributed by atoms with E-state index in [1.165, 1.54) is 0 Å². The van der Waals surface area contributed by atoms with E-state index in [1.807, 2.05) is 32.7 Å². The van der Waals surface area contributed by atoms with Gasteiger partial charge in [-0.15, -0.1) is 0 Å². The summed E-state index contributed by atoms with van der Waals surface area (Å²) in [4.78, 5) is 13.9. The van der Waals surface area contributed by atoms with Gasteiger partial charge in [0.25, 0.3) is 0 Å². The minimum Gasteiger partial charge on any atom is -0.338 e. The molecule has 6 nitrogen and oxygen atoms in total. The largest absolute Gasteiger partial charge is 0.338 e. The first-order valence-electron chi connectivity index (χ1n) is 7.19. The molecule has 0 unspecified atom stereocenters. The molecule has 1 heterocycles. The van der Waals surface area contributed by atoms with Crippen molar-refractivity contribution in [3.8, 4) is 0 Å². The van der Waals surface area contributed by atoms with Crippen LogP contribution in [-0.2, 0) is 10.2 Å². The summed E-state index contributed by atoms with van der Waals surface area (Å²) in [5, 5.41) is 6.70. The molecule has 0 spiro atoms. The van der Waals surface area contributed by atoms with Crippen molar-refractivity contribution in [2.45, 2.75) is 40.0 Å². The predicted molar refractivity (Wildman–Crippen MR) is 84.2 cm³/mol. The summed E-state index contributed by atoms with van der Waals surface area (Å²) in [5.41, 5.74) is 6.40. The Morgan fingerprint density at radius 2 is 2.00 bits per heavy atom. The molecule has 0 saturated carbocycles. The molecule has 1 aromatic heterocycles. The van der Waals surface area contributed by atoms with E-state index in [1.54, 1.807) is 6.07 Å². The van der Waals surface area contributed by atoms with Crippen molar-refractivity contribution >= 4 is 11.8 Å². The lowest BCUT2D eigenvalue weighted by Gasteiger charge is -2.28. The van der Waals surface area contributed by atoms with Gasteiger partial charge >= 0.3 is 0 Å². The van der Waals surface area contributed by atoms with Crippen molar-refractivity contribution < 1.29 is 9.32 Å². The second-order valence-corrected chi connectivity index (χ2v) is 7.42. The molecule has 0 aliphatic heterocycles. The SMILES string of the molecule is CN(CC(=O)Nc1cc(C(C)(C)C)no1)CC(C)(C)CN. The zero-order valence-corrected chi connectivity index (χ0v) is 14.0. The summed E-state index contributed by atoms with van der Waals surface area (Å²) in [6, 6.07) is 1.77. The molecule has 21 heavy (non-hydrogen) atoms. The second-order valence-electron chi connectivity index (χ2n) is 7.42. The summed E-state index contributed by atoms with van der Waals surface area (Å²) in [6.45, 7) is 11.9. The van der Waals surface area contributed by atoms with Crippen LogP contribution >= 0.6 is 0 Å². The van der Waals surface area contributed by atoms with E-state index in [2.05, 4.69) is 24.3 Å². The first kappa shape index (κ1) is 17.7. The van der Waals surface area contributed by atoms with Crippen LogP contribution in [0.3, 0.4) is 0 Å². The number of hydrogen-bond acceptors (Lipinski definition) is 5. The van der Waals surface area contributed by atoms with Crippen molar-refractivity contribution in [2.75, 3.05) is 32.0 Å². The lowest BCUT2D eigenvalue weighted by Crippen LogP contribution is -2.40. The highest BCUT2D eigenvalue weighted by Gasteiger charge is 2.21. The highest BCUT2D eigenvalue weighted by Crippen LogP contribution is 2.23. The van der Waals surface area contributed by atoms with Gasteiger partial charge in [0.05, 0.1) is 12.2 Å². The van der Waals surface area contributed by atoms with Crippen LogP contribution in [0.2, 0.25) is 0 Å². The Morgan fingerprint density at radius 1 is 1.38 bits per heavy atom. The second kappa shape index (κ2) is 6.58. The van der Waals surface area contributed by atoms with Crippen molar-refractivity contribution in [1.29, 1.82) is 0 Å². The fraction of sp³-hybridized carbons (Fsp3) is 0.733. The van der Waals surface area contributed by atoms with E-state index in [0.29, 0.717) is 12.4 Å². The van der Waals surface area contributed by atoms with E-state index < -0.39 is 0 Å². The summed E-state index contributed by atoms with van der Waals surface area (Å²) >= 11 is 0. The van der Waals surface area contributed by atoms with Crippen LogP contribution in [0.25, 0.3) is 0 Å². The van der Waals surface area contributed by atoms with Crippen LogP contribution in [-0.4, -0.2) is 42.6 Å².